The molecule has 3 aromatic heterocycles. The lowest BCUT2D eigenvalue weighted by Gasteiger charge is -2.18. The van der Waals surface area contributed by atoms with Gasteiger partial charge in [-0.25, -0.2) is 14.8 Å². The quantitative estimate of drug-likeness (QED) is 0.358. The number of ether oxygens (including phenoxy) is 2. The maximum absolute atomic E-state index is 12.6. The van der Waals surface area contributed by atoms with Crippen molar-refractivity contribution in [2.75, 3.05) is 45.3 Å². The summed E-state index contributed by atoms with van der Waals surface area (Å²) in [6.07, 6.45) is 3.01. The van der Waals surface area contributed by atoms with Gasteiger partial charge in [-0.05, 0) is 12.1 Å². The molecule has 188 valence electrons. The fourth-order valence-corrected chi connectivity index (χ4v) is 4.79. The molecule has 0 radical (unpaired) electrons. The number of methoxy groups -OCH3 is 2. The molecule has 3 aromatic rings. The lowest BCUT2D eigenvalue weighted by atomic mass is 10.2. The minimum Gasteiger partial charge on any atom is -0.477 e. The normalized spacial score (nSPS) is 23.9. The molecule has 0 spiro atoms. The first kappa shape index (κ1) is 25.2. The summed E-state index contributed by atoms with van der Waals surface area (Å²) >= 11 is 1.32. The fraction of sp³-hybridized carbons (Fsp3) is 0.455. The number of anilines is 1. The van der Waals surface area contributed by atoms with E-state index in [4.69, 9.17) is 20.9 Å². The number of rotatable bonds is 5. The number of carbonyl (C=O) groups is 1. The van der Waals surface area contributed by atoms with Gasteiger partial charge in [0.05, 0.1) is 23.6 Å². The molecule has 5 rings (SSSR count). The zero-order valence-corrected chi connectivity index (χ0v) is 20.3. The zero-order chi connectivity index (χ0) is 25.1. The first-order chi connectivity index (χ1) is 16.8. The molecule has 0 unspecified atom stereocenters. The summed E-state index contributed by atoms with van der Waals surface area (Å²) in [7, 11) is 3.31. The lowest BCUT2D eigenvalue weighted by molar-refractivity contribution is 0.0695. The number of pyridine rings is 2. The second-order valence-corrected chi connectivity index (χ2v) is 9.21. The molecule has 0 bridgehead atoms. The summed E-state index contributed by atoms with van der Waals surface area (Å²) in [5, 5.41) is 15.0. The van der Waals surface area contributed by atoms with E-state index in [1.54, 1.807) is 37.9 Å². The van der Waals surface area contributed by atoms with Crippen molar-refractivity contribution in [2.24, 2.45) is 11.5 Å². The zero-order valence-electron chi connectivity index (χ0n) is 19.5. The van der Waals surface area contributed by atoms with Gasteiger partial charge in [0.2, 0.25) is 5.43 Å². The predicted octanol–water partition coefficient (Wildman–Crippen LogP) is -0.365. The van der Waals surface area contributed by atoms with Crippen LogP contribution in [0.1, 0.15) is 10.4 Å². The Morgan fingerprint density at radius 2 is 1.94 bits per heavy atom. The van der Waals surface area contributed by atoms with Gasteiger partial charge in [-0.15, -0.1) is 11.3 Å². The molecule has 5 heterocycles. The molecule has 0 aromatic carbocycles. The molecule has 0 amide bonds. The van der Waals surface area contributed by atoms with Crippen molar-refractivity contribution in [3.8, 4) is 5.13 Å². The molecule has 2 aliphatic heterocycles. The minimum absolute atomic E-state index is 0.0990. The summed E-state index contributed by atoms with van der Waals surface area (Å²) in [5.74, 6) is -0.644. The molecule has 2 aliphatic rings. The van der Waals surface area contributed by atoms with Crippen LogP contribution in [0.15, 0.2) is 34.7 Å². The summed E-state index contributed by atoms with van der Waals surface area (Å²) in [5.41, 5.74) is 11.2. The number of nitrogens with zero attached hydrogens (tertiary/aromatic N) is 4. The van der Waals surface area contributed by atoms with E-state index in [1.807, 2.05) is 4.90 Å². The smallest absolute Gasteiger partial charge is 0.341 e. The van der Waals surface area contributed by atoms with E-state index in [-0.39, 0.29) is 35.2 Å². The highest BCUT2D eigenvalue weighted by Gasteiger charge is 2.31. The standard InChI is InChI=1S/C17H17N5O4S.C5H12N2O/c1-26-12-8-21(7-11(12)18)13-3-2-9-14(23)10(16(24)25)6-22(15(9)20-13)17-19-4-5-27-17;1-8-5-3-7-2-4(5)6/h2-6,11-12H,7-8,18H2,1H3,(H,24,25);4-5,7H,2-3,6H2,1H3/t11-,12-;4-,5-/m00/s1. The maximum Gasteiger partial charge on any atom is 0.341 e. The highest BCUT2D eigenvalue weighted by atomic mass is 32.1. The van der Waals surface area contributed by atoms with Crippen molar-refractivity contribution in [1.82, 2.24) is 19.9 Å². The van der Waals surface area contributed by atoms with Gasteiger partial charge in [0.25, 0.3) is 0 Å². The van der Waals surface area contributed by atoms with Gasteiger partial charge in [0.15, 0.2) is 10.8 Å². The Hall–Kier alpha value is -2.94. The average molecular weight is 504 g/mol. The first-order valence-electron chi connectivity index (χ1n) is 11.1. The molecular formula is C22H29N7O5S. The molecule has 0 saturated carbocycles. The number of nitrogens with two attached hydrogens (primary N) is 2. The Balaban J connectivity index is 0.000000308. The van der Waals surface area contributed by atoms with Gasteiger partial charge in [-0.2, -0.15) is 0 Å². The maximum atomic E-state index is 12.6. The van der Waals surface area contributed by atoms with Crippen LogP contribution < -0.4 is 27.1 Å². The summed E-state index contributed by atoms with van der Waals surface area (Å²) in [6.45, 7) is 2.95. The number of aromatic carboxylic acids is 1. The van der Waals surface area contributed by atoms with E-state index < -0.39 is 11.4 Å². The average Bonchev–Trinajstić information content (AvgIpc) is 3.60. The third-order valence-corrected chi connectivity index (χ3v) is 6.90. The minimum atomic E-state index is -1.29. The van der Waals surface area contributed by atoms with E-state index in [0.717, 1.165) is 13.1 Å². The van der Waals surface area contributed by atoms with Crippen molar-refractivity contribution in [3.63, 3.8) is 0 Å². The summed E-state index contributed by atoms with van der Waals surface area (Å²) in [6, 6.07) is 3.36. The summed E-state index contributed by atoms with van der Waals surface area (Å²) < 4.78 is 12.0. The van der Waals surface area contributed by atoms with Crippen LogP contribution in [-0.2, 0) is 9.47 Å². The third kappa shape index (κ3) is 5.19. The van der Waals surface area contributed by atoms with E-state index >= 15 is 0 Å². The van der Waals surface area contributed by atoms with E-state index in [1.165, 1.54) is 22.1 Å². The van der Waals surface area contributed by atoms with Crippen molar-refractivity contribution < 1.29 is 19.4 Å². The van der Waals surface area contributed by atoms with Crippen LogP contribution in [0.25, 0.3) is 16.2 Å². The monoisotopic (exact) mass is 503 g/mol. The predicted molar refractivity (Wildman–Crippen MR) is 133 cm³/mol. The van der Waals surface area contributed by atoms with Crippen molar-refractivity contribution in [2.45, 2.75) is 24.3 Å². The Morgan fingerprint density at radius 1 is 1.17 bits per heavy atom. The molecule has 0 aliphatic carbocycles. The molecule has 4 atom stereocenters. The van der Waals surface area contributed by atoms with Crippen molar-refractivity contribution in [3.05, 3.63) is 45.7 Å². The number of fused-ring (bicyclic) bond motifs is 1. The molecule has 2 saturated heterocycles. The van der Waals surface area contributed by atoms with Gasteiger partial charge < -0.3 is 36.3 Å². The van der Waals surface area contributed by atoms with E-state index in [9.17, 15) is 14.7 Å². The lowest BCUT2D eigenvalue weighted by Crippen LogP contribution is -2.34. The van der Waals surface area contributed by atoms with Gasteiger partial charge in [0.1, 0.15) is 11.4 Å². The topological polar surface area (TPSA) is 171 Å². The van der Waals surface area contributed by atoms with Crippen LogP contribution in [0.4, 0.5) is 5.82 Å². The van der Waals surface area contributed by atoms with Crippen LogP contribution >= 0.6 is 11.3 Å². The SMILES string of the molecule is CO[C@H]1CN(c2ccc3c(=O)c(C(=O)O)cn(-c4nccs4)c3n2)C[C@@H]1N.CO[C@H]1CNC[C@@H]1N. The van der Waals surface area contributed by atoms with E-state index in [0.29, 0.717) is 29.7 Å². The summed E-state index contributed by atoms with van der Waals surface area (Å²) in [4.78, 5) is 34.9. The van der Waals surface area contributed by atoms with Gasteiger partial charge in [-0.3, -0.25) is 9.36 Å². The van der Waals surface area contributed by atoms with Crippen LogP contribution in [0.5, 0.6) is 0 Å². The second-order valence-electron chi connectivity index (χ2n) is 8.34. The van der Waals surface area contributed by atoms with Crippen LogP contribution in [0, 0.1) is 0 Å². The van der Waals surface area contributed by atoms with Crippen LogP contribution in [-0.4, -0.2) is 90.3 Å². The number of hydrogen-bond acceptors (Lipinski definition) is 11. The Bertz CT molecular complexity index is 1230. The number of hydrogen-bond donors (Lipinski definition) is 4. The number of carboxylic acid groups (broad SMARTS) is 1. The van der Waals surface area contributed by atoms with E-state index in [2.05, 4.69) is 15.3 Å². The molecule has 2 fully saturated rings. The third-order valence-electron chi connectivity index (χ3n) is 6.13. The Kier molecular flexibility index (Phi) is 7.74. The van der Waals surface area contributed by atoms with Gasteiger partial charge >= 0.3 is 5.97 Å². The molecular weight excluding hydrogens is 474 g/mol. The Morgan fingerprint density at radius 3 is 2.49 bits per heavy atom. The van der Waals surface area contributed by atoms with Crippen LogP contribution in [0.2, 0.25) is 0 Å². The van der Waals surface area contributed by atoms with Crippen molar-refractivity contribution >= 4 is 34.2 Å². The molecule has 35 heavy (non-hydrogen) atoms. The number of aromatic nitrogens is 3. The molecule has 12 nitrogen and oxygen atoms in total. The number of carboxylic acids is 1. The van der Waals surface area contributed by atoms with Gasteiger partial charge in [0, 0.05) is 64.2 Å². The number of thiazole rings is 1. The highest BCUT2D eigenvalue weighted by Crippen LogP contribution is 2.24. The van der Waals surface area contributed by atoms with Crippen molar-refractivity contribution in [1.29, 1.82) is 0 Å². The molecule has 6 N–H and O–H groups in total. The number of nitrogens with one attached hydrogen (secondary N) is 1. The van der Waals surface area contributed by atoms with Crippen LogP contribution in [0.3, 0.4) is 0 Å². The Labute approximate surface area is 205 Å². The molecule has 13 heteroatoms. The second kappa shape index (κ2) is 10.8. The van der Waals surface area contributed by atoms with Gasteiger partial charge in [-0.1, -0.05) is 0 Å². The fourth-order valence-electron chi connectivity index (χ4n) is 4.17. The largest absolute Gasteiger partial charge is 0.477 e. The highest BCUT2D eigenvalue weighted by molar-refractivity contribution is 7.12. The first-order valence-corrected chi connectivity index (χ1v) is 11.9.